The monoisotopic (exact) mass is 317 g/mol. The van der Waals surface area contributed by atoms with Gasteiger partial charge in [0.1, 0.15) is 5.82 Å². The molecule has 0 radical (unpaired) electrons. The van der Waals surface area contributed by atoms with E-state index in [9.17, 15) is 14.9 Å². The maximum Gasteiger partial charge on any atom is 0.269 e. The Morgan fingerprint density at radius 2 is 1.95 bits per heavy atom. The van der Waals surface area contributed by atoms with Gasteiger partial charge in [-0.25, -0.2) is 4.98 Å². The molecule has 1 atom stereocenters. The lowest BCUT2D eigenvalue weighted by molar-refractivity contribution is -0.384. The van der Waals surface area contributed by atoms with E-state index >= 15 is 0 Å². The number of benzene rings is 1. The molecule has 0 saturated carbocycles. The van der Waals surface area contributed by atoms with Gasteiger partial charge in [-0.2, -0.15) is 0 Å². The van der Waals surface area contributed by atoms with E-state index in [1.807, 2.05) is 19.1 Å². The van der Waals surface area contributed by atoms with Gasteiger partial charge < -0.3 is 5.32 Å². The summed E-state index contributed by atoms with van der Waals surface area (Å²) in [6, 6.07) is 11.5. The molecule has 1 aromatic carbocycles. The SMILES string of the molecule is Cc1cccc(NC(=O)C(C)Sc2ccc([N+](=O)[O-])cc2)n1. The average Bonchev–Trinajstić information content (AvgIpc) is 2.47. The van der Waals surface area contributed by atoms with Crippen molar-refractivity contribution in [3.8, 4) is 0 Å². The van der Waals surface area contributed by atoms with Crippen LogP contribution < -0.4 is 5.32 Å². The molecule has 0 aliphatic heterocycles. The van der Waals surface area contributed by atoms with E-state index in [0.29, 0.717) is 5.82 Å². The predicted octanol–water partition coefficient (Wildman–Crippen LogP) is 3.42. The van der Waals surface area contributed by atoms with Gasteiger partial charge in [-0.05, 0) is 38.1 Å². The summed E-state index contributed by atoms with van der Waals surface area (Å²) >= 11 is 1.33. The first-order chi connectivity index (χ1) is 10.5. The van der Waals surface area contributed by atoms with Crippen LogP contribution in [0.2, 0.25) is 0 Å². The fourth-order valence-electron chi connectivity index (χ4n) is 1.74. The first-order valence-corrected chi connectivity index (χ1v) is 7.49. The molecular weight excluding hydrogens is 302 g/mol. The Bertz CT molecular complexity index is 689. The number of thioether (sulfide) groups is 1. The minimum Gasteiger partial charge on any atom is -0.310 e. The zero-order valence-corrected chi connectivity index (χ0v) is 13.0. The molecule has 0 aliphatic carbocycles. The highest BCUT2D eigenvalue weighted by molar-refractivity contribution is 8.00. The van der Waals surface area contributed by atoms with E-state index in [2.05, 4.69) is 10.3 Å². The summed E-state index contributed by atoms with van der Waals surface area (Å²) in [4.78, 5) is 27.3. The fraction of sp³-hybridized carbons (Fsp3) is 0.200. The predicted molar refractivity (Wildman–Crippen MR) is 86.0 cm³/mol. The molecule has 0 fully saturated rings. The Labute approximate surface area is 132 Å². The summed E-state index contributed by atoms with van der Waals surface area (Å²) in [7, 11) is 0. The smallest absolute Gasteiger partial charge is 0.269 e. The second kappa shape index (κ2) is 7.04. The van der Waals surface area contributed by atoms with Crippen LogP contribution in [0.4, 0.5) is 11.5 Å². The summed E-state index contributed by atoms with van der Waals surface area (Å²) < 4.78 is 0. The Balaban J connectivity index is 1.97. The Kier molecular flexibility index (Phi) is 5.11. The van der Waals surface area contributed by atoms with E-state index in [4.69, 9.17) is 0 Å². The summed E-state index contributed by atoms with van der Waals surface area (Å²) in [5.41, 5.74) is 0.860. The number of nitrogens with zero attached hydrogens (tertiary/aromatic N) is 2. The summed E-state index contributed by atoms with van der Waals surface area (Å²) in [6.07, 6.45) is 0. The van der Waals surface area contributed by atoms with E-state index in [1.54, 1.807) is 25.1 Å². The molecular formula is C15H15N3O3S. The van der Waals surface area contributed by atoms with Crippen LogP contribution in [0.1, 0.15) is 12.6 Å². The first kappa shape index (κ1) is 16.0. The standard InChI is InChI=1S/C15H15N3O3S/c1-10-4-3-5-14(16-10)17-15(19)11(2)22-13-8-6-12(7-9-13)18(20)21/h3-9,11H,1-2H3,(H,16,17,19). The van der Waals surface area contributed by atoms with Gasteiger partial charge in [0.05, 0.1) is 10.2 Å². The number of non-ortho nitro benzene ring substituents is 1. The van der Waals surface area contributed by atoms with Gasteiger partial charge in [0.25, 0.3) is 5.69 Å². The van der Waals surface area contributed by atoms with Crippen molar-refractivity contribution in [2.45, 2.75) is 24.0 Å². The molecule has 7 heteroatoms. The van der Waals surface area contributed by atoms with Gasteiger partial charge in [-0.1, -0.05) is 6.07 Å². The maximum absolute atomic E-state index is 12.1. The highest BCUT2D eigenvalue weighted by Crippen LogP contribution is 2.26. The van der Waals surface area contributed by atoms with Crippen molar-refractivity contribution in [3.63, 3.8) is 0 Å². The van der Waals surface area contributed by atoms with Crippen LogP contribution >= 0.6 is 11.8 Å². The lowest BCUT2D eigenvalue weighted by atomic mass is 10.3. The van der Waals surface area contributed by atoms with Gasteiger partial charge in [0.2, 0.25) is 5.91 Å². The van der Waals surface area contributed by atoms with Crippen molar-refractivity contribution >= 4 is 29.2 Å². The number of carbonyl (C=O) groups is 1. The third-order valence-corrected chi connectivity index (χ3v) is 3.98. The zero-order chi connectivity index (χ0) is 16.1. The lowest BCUT2D eigenvalue weighted by Gasteiger charge is -2.11. The van der Waals surface area contributed by atoms with Crippen LogP contribution in [0.15, 0.2) is 47.4 Å². The Hall–Kier alpha value is -2.41. The second-order valence-corrected chi connectivity index (χ2v) is 6.08. The number of amides is 1. The van der Waals surface area contributed by atoms with Gasteiger partial charge in [0, 0.05) is 22.7 Å². The maximum atomic E-state index is 12.1. The Morgan fingerprint density at radius 1 is 1.27 bits per heavy atom. The normalized spacial score (nSPS) is 11.7. The molecule has 6 nitrogen and oxygen atoms in total. The van der Waals surface area contributed by atoms with Crippen LogP contribution in [0.3, 0.4) is 0 Å². The minimum atomic E-state index is -0.450. The first-order valence-electron chi connectivity index (χ1n) is 6.61. The molecule has 1 heterocycles. The molecule has 2 rings (SSSR count). The summed E-state index contributed by atoms with van der Waals surface area (Å²) in [5, 5.41) is 13.0. The third-order valence-electron chi connectivity index (χ3n) is 2.87. The van der Waals surface area contributed by atoms with Crippen LogP contribution in [-0.4, -0.2) is 21.1 Å². The van der Waals surface area contributed by atoms with Gasteiger partial charge in [-0.15, -0.1) is 11.8 Å². The molecule has 0 bridgehead atoms. The third kappa shape index (κ3) is 4.29. The Morgan fingerprint density at radius 3 is 2.55 bits per heavy atom. The number of aromatic nitrogens is 1. The number of pyridine rings is 1. The van der Waals surface area contributed by atoms with Crippen molar-refractivity contribution in [3.05, 3.63) is 58.3 Å². The van der Waals surface area contributed by atoms with E-state index in [0.717, 1.165) is 10.6 Å². The number of nitrogens with one attached hydrogen (secondary N) is 1. The van der Waals surface area contributed by atoms with Crippen molar-refractivity contribution in [2.75, 3.05) is 5.32 Å². The molecule has 1 aromatic heterocycles. The van der Waals surface area contributed by atoms with Gasteiger partial charge in [0.15, 0.2) is 0 Å². The summed E-state index contributed by atoms with van der Waals surface area (Å²) in [5.74, 6) is 0.350. The molecule has 1 N–H and O–H groups in total. The second-order valence-electron chi connectivity index (χ2n) is 4.66. The van der Waals surface area contributed by atoms with E-state index in [-0.39, 0.29) is 16.8 Å². The average molecular weight is 317 g/mol. The molecule has 1 amide bonds. The minimum absolute atomic E-state index is 0.0328. The van der Waals surface area contributed by atoms with Gasteiger partial charge >= 0.3 is 0 Å². The number of hydrogen-bond donors (Lipinski definition) is 1. The van der Waals surface area contributed by atoms with Crippen molar-refractivity contribution < 1.29 is 9.72 Å². The zero-order valence-electron chi connectivity index (χ0n) is 12.1. The number of aryl methyl sites for hydroxylation is 1. The van der Waals surface area contributed by atoms with Crippen molar-refractivity contribution in [1.82, 2.24) is 4.98 Å². The van der Waals surface area contributed by atoms with Crippen LogP contribution in [-0.2, 0) is 4.79 Å². The number of rotatable bonds is 5. The quantitative estimate of drug-likeness (QED) is 0.519. The number of hydrogen-bond acceptors (Lipinski definition) is 5. The topological polar surface area (TPSA) is 85.1 Å². The van der Waals surface area contributed by atoms with Crippen molar-refractivity contribution in [2.24, 2.45) is 0 Å². The number of nitro benzene ring substituents is 1. The largest absolute Gasteiger partial charge is 0.310 e. The molecule has 0 saturated heterocycles. The molecule has 1 unspecified atom stereocenters. The fourth-order valence-corrected chi connectivity index (χ4v) is 2.61. The van der Waals surface area contributed by atoms with Crippen LogP contribution in [0, 0.1) is 17.0 Å². The molecule has 2 aromatic rings. The van der Waals surface area contributed by atoms with Crippen molar-refractivity contribution in [1.29, 1.82) is 0 Å². The lowest BCUT2D eigenvalue weighted by Crippen LogP contribution is -2.23. The van der Waals surface area contributed by atoms with Crippen LogP contribution in [0.25, 0.3) is 0 Å². The molecule has 0 aliphatic rings. The highest BCUT2D eigenvalue weighted by Gasteiger charge is 2.15. The highest BCUT2D eigenvalue weighted by atomic mass is 32.2. The van der Waals surface area contributed by atoms with Crippen LogP contribution in [0.5, 0.6) is 0 Å². The van der Waals surface area contributed by atoms with E-state index < -0.39 is 4.92 Å². The summed E-state index contributed by atoms with van der Waals surface area (Å²) in [6.45, 7) is 3.63. The number of nitro groups is 1. The van der Waals surface area contributed by atoms with Gasteiger partial charge in [-0.3, -0.25) is 14.9 Å². The number of anilines is 1. The van der Waals surface area contributed by atoms with E-state index in [1.165, 1.54) is 23.9 Å². The molecule has 22 heavy (non-hydrogen) atoms. The molecule has 0 spiro atoms. The molecule has 114 valence electrons. The number of carbonyl (C=O) groups excluding carboxylic acids is 1.